The van der Waals surface area contributed by atoms with Crippen molar-refractivity contribution in [1.29, 1.82) is 0 Å². The van der Waals surface area contributed by atoms with E-state index in [4.69, 9.17) is 27.9 Å². The van der Waals surface area contributed by atoms with E-state index >= 15 is 0 Å². The van der Waals surface area contributed by atoms with Crippen molar-refractivity contribution < 1.29 is 4.74 Å². The zero-order valence-electron chi connectivity index (χ0n) is 11.0. The fourth-order valence-electron chi connectivity index (χ4n) is 1.89. The van der Waals surface area contributed by atoms with Gasteiger partial charge in [0.2, 0.25) is 5.88 Å². The SMILES string of the molecule is Clc1ccc(-n2ccc(OCc3ccccc3Cl)n2)cc1. The topological polar surface area (TPSA) is 27.1 Å². The van der Waals surface area contributed by atoms with Gasteiger partial charge in [-0.2, -0.15) is 0 Å². The standard InChI is InChI=1S/C16H12Cl2N2O/c17-13-5-7-14(8-6-13)20-10-9-16(19-20)21-11-12-3-1-2-4-15(12)18/h1-10H,11H2. The summed E-state index contributed by atoms with van der Waals surface area (Å²) in [4.78, 5) is 0. The van der Waals surface area contributed by atoms with Gasteiger partial charge in [-0.15, -0.1) is 5.10 Å². The van der Waals surface area contributed by atoms with Crippen LogP contribution in [-0.4, -0.2) is 9.78 Å². The van der Waals surface area contributed by atoms with Crippen molar-refractivity contribution in [2.24, 2.45) is 0 Å². The zero-order valence-corrected chi connectivity index (χ0v) is 12.6. The van der Waals surface area contributed by atoms with Crippen LogP contribution in [0.3, 0.4) is 0 Å². The number of nitrogens with zero attached hydrogens (tertiary/aromatic N) is 2. The van der Waals surface area contributed by atoms with Gasteiger partial charge in [0.15, 0.2) is 0 Å². The van der Waals surface area contributed by atoms with Gasteiger partial charge in [-0.1, -0.05) is 41.4 Å². The molecule has 2 aromatic carbocycles. The highest BCUT2D eigenvalue weighted by molar-refractivity contribution is 6.31. The molecule has 0 fully saturated rings. The number of rotatable bonds is 4. The number of halogens is 2. The molecule has 1 aromatic heterocycles. The lowest BCUT2D eigenvalue weighted by Crippen LogP contribution is -1.99. The molecular formula is C16H12Cl2N2O. The molecule has 21 heavy (non-hydrogen) atoms. The summed E-state index contributed by atoms with van der Waals surface area (Å²) in [5.74, 6) is 0.546. The Morgan fingerprint density at radius 1 is 0.952 bits per heavy atom. The number of benzene rings is 2. The lowest BCUT2D eigenvalue weighted by molar-refractivity contribution is 0.292. The van der Waals surface area contributed by atoms with Crippen molar-refractivity contribution in [2.75, 3.05) is 0 Å². The van der Waals surface area contributed by atoms with Crippen molar-refractivity contribution in [1.82, 2.24) is 9.78 Å². The van der Waals surface area contributed by atoms with Gasteiger partial charge in [0.05, 0.1) is 5.69 Å². The van der Waals surface area contributed by atoms with E-state index < -0.39 is 0 Å². The maximum atomic E-state index is 6.09. The minimum atomic E-state index is 0.386. The first-order valence-electron chi connectivity index (χ1n) is 6.40. The number of ether oxygens (including phenoxy) is 1. The van der Waals surface area contributed by atoms with Gasteiger partial charge in [0, 0.05) is 27.9 Å². The Morgan fingerprint density at radius 3 is 2.48 bits per heavy atom. The van der Waals surface area contributed by atoms with E-state index in [0.29, 0.717) is 22.5 Å². The molecular weight excluding hydrogens is 307 g/mol. The van der Waals surface area contributed by atoms with Gasteiger partial charge in [-0.3, -0.25) is 0 Å². The van der Waals surface area contributed by atoms with Crippen LogP contribution in [0.25, 0.3) is 5.69 Å². The molecule has 3 rings (SSSR count). The molecule has 0 saturated carbocycles. The molecule has 0 radical (unpaired) electrons. The molecule has 0 unspecified atom stereocenters. The van der Waals surface area contributed by atoms with Gasteiger partial charge >= 0.3 is 0 Å². The Kier molecular flexibility index (Phi) is 4.13. The number of hydrogen-bond donors (Lipinski definition) is 0. The average molecular weight is 319 g/mol. The van der Waals surface area contributed by atoms with E-state index in [0.717, 1.165) is 11.3 Å². The van der Waals surface area contributed by atoms with Crippen molar-refractivity contribution >= 4 is 23.2 Å². The van der Waals surface area contributed by atoms with Crippen LogP contribution in [0.15, 0.2) is 60.8 Å². The van der Waals surface area contributed by atoms with Gasteiger partial charge in [0.1, 0.15) is 6.61 Å². The Morgan fingerprint density at radius 2 is 1.71 bits per heavy atom. The van der Waals surface area contributed by atoms with Crippen molar-refractivity contribution in [2.45, 2.75) is 6.61 Å². The second kappa shape index (κ2) is 6.20. The molecule has 0 aliphatic carbocycles. The van der Waals surface area contributed by atoms with Crippen LogP contribution in [0, 0.1) is 0 Å². The van der Waals surface area contributed by atoms with E-state index in [9.17, 15) is 0 Å². The largest absolute Gasteiger partial charge is 0.472 e. The first kappa shape index (κ1) is 14.0. The van der Waals surface area contributed by atoms with Crippen LogP contribution >= 0.6 is 23.2 Å². The van der Waals surface area contributed by atoms with Gasteiger partial charge in [0.25, 0.3) is 0 Å². The van der Waals surface area contributed by atoms with Gasteiger partial charge in [-0.05, 0) is 30.3 Å². The zero-order chi connectivity index (χ0) is 14.7. The molecule has 0 amide bonds. The van der Waals surface area contributed by atoms with E-state index in [-0.39, 0.29) is 0 Å². The molecule has 0 spiro atoms. The molecule has 0 bridgehead atoms. The van der Waals surface area contributed by atoms with Crippen molar-refractivity contribution in [3.8, 4) is 11.6 Å². The molecule has 0 N–H and O–H groups in total. The Balaban J connectivity index is 1.71. The Labute approximate surface area is 132 Å². The number of aromatic nitrogens is 2. The first-order valence-corrected chi connectivity index (χ1v) is 7.16. The fourth-order valence-corrected chi connectivity index (χ4v) is 2.21. The smallest absolute Gasteiger partial charge is 0.233 e. The third-order valence-electron chi connectivity index (χ3n) is 2.99. The fraction of sp³-hybridized carbons (Fsp3) is 0.0625. The lowest BCUT2D eigenvalue weighted by atomic mass is 10.2. The summed E-state index contributed by atoms with van der Waals surface area (Å²) in [5.41, 5.74) is 1.85. The van der Waals surface area contributed by atoms with Crippen molar-refractivity contribution in [3.63, 3.8) is 0 Å². The Hall–Kier alpha value is -1.97. The third-order valence-corrected chi connectivity index (χ3v) is 3.61. The molecule has 106 valence electrons. The molecule has 0 aliphatic heterocycles. The van der Waals surface area contributed by atoms with Gasteiger partial charge < -0.3 is 4.74 Å². The average Bonchev–Trinajstić information content (AvgIpc) is 2.96. The summed E-state index contributed by atoms with van der Waals surface area (Å²) < 4.78 is 7.39. The van der Waals surface area contributed by atoms with Gasteiger partial charge in [-0.25, -0.2) is 4.68 Å². The minimum Gasteiger partial charge on any atom is -0.472 e. The van der Waals surface area contributed by atoms with E-state index in [2.05, 4.69) is 5.10 Å². The molecule has 0 atom stereocenters. The lowest BCUT2D eigenvalue weighted by Gasteiger charge is -2.05. The van der Waals surface area contributed by atoms with Crippen LogP contribution in [0.4, 0.5) is 0 Å². The second-order valence-corrected chi connectivity index (χ2v) is 5.30. The van der Waals surface area contributed by atoms with E-state index in [1.807, 2.05) is 60.8 Å². The number of hydrogen-bond acceptors (Lipinski definition) is 2. The van der Waals surface area contributed by atoms with Crippen LogP contribution in [0.1, 0.15) is 5.56 Å². The van der Waals surface area contributed by atoms with Crippen LogP contribution < -0.4 is 4.74 Å². The maximum Gasteiger partial charge on any atom is 0.233 e. The molecule has 0 saturated heterocycles. The highest BCUT2D eigenvalue weighted by Gasteiger charge is 2.04. The van der Waals surface area contributed by atoms with Crippen LogP contribution in [0.2, 0.25) is 10.0 Å². The van der Waals surface area contributed by atoms with Crippen molar-refractivity contribution in [3.05, 3.63) is 76.4 Å². The van der Waals surface area contributed by atoms with E-state index in [1.54, 1.807) is 4.68 Å². The predicted molar refractivity (Wildman–Crippen MR) is 84.4 cm³/mol. The summed E-state index contributed by atoms with van der Waals surface area (Å²) in [5, 5.41) is 5.75. The Bertz CT molecular complexity index is 738. The third kappa shape index (κ3) is 3.38. The highest BCUT2D eigenvalue weighted by Crippen LogP contribution is 2.19. The summed E-state index contributed by atoms with van der Waals surface area (Å²) in [6.07, 6.45) is 1.84. The molecule has 3 aromatic rings. The quantitative estimate of drug-likeness (QED) is 0.693. The predicted octanol–water partition coefficient (Wildman–Crippen LogP) is 4.76. The normalized spacial score (nSPS) is 10.6. The summed E-state index contributed by atoms with van der Waals surface area (Å²) >= 11 is 12.0. The molecule has 1 heterocycles. The van der Waals surface area contributed by atoms with Crippen LogP contribution in [-0.2, 0) is 6.61 Å². The summed E-state index contributed by atoms with van der Waals surface area (Å²) in [6, 6.07) is 16.8. The highest BCUT2D eigenvalue weighted by atomic mass is 35.5. The molecule has 0 aliphatic rings. The maximum absolute atomic E-state index is 6.09. The first-order chi connectivity index (χ1) is 10.2. The van der Waals surface area contributed by atoms with Crippen LogP contribution in [0.5, 0.6) is 5.88 Å². The molecule has 5 heteroatoms. The summed E-state index contributed by atoms with van der Waals surface area (Å²) in [7, 11) is 0. The van der Waals surface area contributed by atoms with E-state index in [1.165, 1.54) is 0 Å². The monoisotopic (exact) mass is 318 g/mol. The second-order valence-electron chi connectivity index (χ2n) is 4.46. The summed E-state index contributed by atoms with van der Waals surface area (Å²) in [6.45, 7) is 0.386. The molecule has 3 nitrogen and oxygen atoms in total. The minimum absolute atomic E-state index is 0.386.